The lowest BCUT2D eigenvalue weighted by Gasteiger charge is -2.10. The summed E-state index contributed by atoms with van der Waals surface area (Å²) in [5, 5.41) is 8.16. The van der Waals surface area contributed by atoms with Gasteiger partial charge in [-0.15, -0.1) is 0 Å². The van der Waals surface area contributed by atoms with Gasteiger partial charge >= 0.3 is 0 Å². The first kappa shape index (κ1) is 18.0. The molecule has 0 radical (unpaired) electrons. The number of nitrogens with one attached hydrogen (secondary N) is 1. The van der Waals surface area contributed by atoms with Gasteiger partial charge in [-0.1, -0.05) is 61.5 Å². The van der Waals surface area contributed by atoms with Gasteiger partial charge in [0.25, 0.3) is 0 Å². The van der Waals surface area contributed by atoms with Crippen LogP contribution in [-0.4, -0.2) is 14.8 Å². The van der Waals surface area contributed by atoms with Gasteiger partial charge in [0.05, 0.1) is 16.9 Å². The summed E-state index contributed by atoms with van der Waals surface area (Å²) in [4.78, 5) is 4.54. The molecular weight excluding hydrogens is 390 g/mol. The number of hydrogen-bond donors (Lipinski definition) is 1. The number of hydrogen-bond acceptors (Lipinski definition) is 1. The monoisotopic (exact) mass is 413 g/mol. The number of aromatic amines is 1. The van der Waals surface area contributed by atoms with Crippen LogP contribution in [0.25, 0.3) is 38.6 Å². The lowest BCUT2D eigenvalue weighted by Crippen LogP contribution is -2.01. The molecule has 3 nitrogen and oxygen atoms in total. The van der Waals surface area contributed by atoms with Crippen molar-refractivity contribution in [1.29, 1.82) is 0 Å². The molecule has 2 heterocycles. The maximum absolute atomic E-state index is 6.23. The third kappa shape index (κ3) is 2.92. The first-order valence-corrected chi connectivity index (χ1v) is 11.3. The molecule has 0 unspecified atom stereocenters. The summed E-state index contributed by atoms with van der Waals surface area (Å²) in [5.74, 6) is 0.880. The number of pyridine rings is 1. The lowest BCUT2D eigenvalue weighted by molar-refractivity contribution is 0.500. The standard InChI is InChI=1S/C26H24ClN3/c27-19-10-11-21-24(16-19)28-14-13-25(21)30-26-20-8-4-3-7-18(20)15-22(26)23(29-30)12-9-17-5-1-2-6-17/h3-4,7-8,10-11,13-17,29H,1-2,5-6,9,12H2. The quantitative estimate of drug-likeness (QED) is 0.327. The van der Waals surface area contributed by atoms with Gasteiger partial charge in [0.1, 0.15) is 0 Å². The smallest absolute Gasteiger partial charge is 0.0799 e. The van der Waals surface area contributed by atoms with Crippen molar-refractivity contribution in [3.63, 3.8) is 0 Å². The van der Waals surface area contributed by atoms with Crippen LogP contribution in [0.15, 0.2) is 60.8 Å². The molecule has 3 aromatic rings. The fourth-order valence-electron chi connectivity index (χ4n) is 5.25. The minimum absolute atomic E-state index is 0.713. The Morgan fingerprint density at radius 3 is 2.77 bits per heavy atom. The SMILES string of the molecule is Clc1ccc2c(-n3[nH]c(CCC4CCCC4)c4cc5ccccc5c3-4)ccnc2c1. The number of benzene rings is 2. The number of nitrogens with zero attached hydrogens (tertiary/aromatic N) is 2. The first-order valence-electron chi connectivity index (χ1n) is 10.9. The zero-order valence-electron chi connectivity index (χ0n) is 16.9. The molecule has 3 aliphatic rings. The molecule has 1 N–H and O–H groups in total. The average molecular weight is 414 g/mol. The Hall–Kier alpha value is -2.78. The molecule has 0 amide bonds. The summed E-state index contributed by atoms with van der Waals surface area (Å²) in [6.07, 6.45) is 9.82. The Balaban J connectivity index is 1.54. The molecule has 0 saturated heterocycles. The Labute approximate surface area is 181 Å². The average Bonchev–Trinajstić information content (AvgIpc) is 3.48. The highest BCUT2D eigenvalue weighted by molar-refractivity contribution is 6.31. The van der Waals surface area contributed by atoms with Gasteiger partial charge in [0.2, 0.25) is 0 Å². The van der Waals surface area contributed by atoms with Crippen LogP contribution >= 0.6 is 11.6 Å². The predicted molar refractivity (Wildman–Crippen MR) is 125 cm³/mol. The first-order chi connectivity index (χ1) is 14.8. The molecule has 0 spiro atoms. The third-order valence-electron chi connectivity index (χ3n) is 6.77. The molecule has 0 bridgehead atoms. The van der Waals surface area contributed by atoms with Crippen molar-refractivity contribution in [2.75, 3.05) is 0 Å². The van der Waals surface area contributed by atoms with Crippen LogP contribution in [0.2, 0.25) is 5.02 Å². The molecule has 1 fully saturated rings. The summed E-state index contributed by atoms with van der Waals surface area (Å²) >= 11 is 6.23. The van der Waals surface area contributed by atoms with Crippen molar-refractivity contribution in [3.05, 3.63) is 71.5 Å². The van der Waals surface area contributed by atoms with E-state index < -0.39 is 0 Å². The van der Waals surface area contributed by atoms with E-state index in [1.807, 2.05) is 18.3 Å². The highest BCUT2D eigenvalue weighted by atomic mass is 35.5. The molecule has 6 rings (SSSR count). The fraction of sp³-hybridized carbons (Fsp3) is 0.269. The maximum Gasteiger partial charge on any atom is 0.0799 e. The van der Waals surface area contributed by atoms with E-state index in [1.165, 1.54) is 59.8 Å². The highest BCUT2D eigenvalue weighted by Gasteiger charge is 2.23. The third-order valence-corrected chi connectivity index (χ3v) is 7.00. The molecular formula is C26H24ClN3. The topological polar surface area (TPSA) is 33.6 Å². The molecule has 1 aliphatic heterocycles. The minimum Gasteiger partial charge on any atom is -0.297 e. The number of fused-ring (bicyclic) bond motifs is 4. The van der Waals surface area contributed by atoms with Crippen molar-refractivity contribution < 1.29 is 0 Å². The van der Waals surface area contributed by atoms with E-state index in [0.29, 0.717) is 5.02 Å². The number of H-pyrrole nitrogens is 1. The molecule has 30 heavy (non-hydrogen) atoms. The molecule has 4 heteroatoms. The van der Waals surface area contributed by atoms with E-state index >= 15 is 0 Å². The molecule has 1 saturated carbocycles. The summed E-state index contributed by atoms with van der Waals surface area (Å²) in [5.41, 5.74) is 5.97. The van der Waals surface area contributed by atoms with Gasteiger partial charge < -0.3 is 0 Å². The summed E-state index contributed by atoms with van der Waals surface area (Å²) in [7, 11) is 0. The van der Waals surface area contributed by atoms with Gasteiger partial charge in [-0.3, -0.25) is 14.8 Å². The van der Waals surface area contributed by atoms with E-state index in [0.717, 1.165) is 28.9 Å². The Morgan fingerprint density at radius 2 is 1.87 bits per heavy atom. The van der Waals surface area contributed by atoms with Gasteiger partial charge in [0, 0.05) is 33.2 Å². The van der Waals surface area contributed by atoms with E-state index in [1.54, 1.807) is 0 Å². The van der Waals surface area contributed by atoms with Crippen molar-refractivity contribution >= 4 is 33.3 Å². The van der Waals surface area contributed by atoms with Gasteiger partial charge in [0.15, 0.2) is 0 Å². The second-order valence-electron chi connectivity index (χ2n) is 8.60. The fourth-order valence-corrected chi connectivity index (χ4v) is 5.42. The van der Waals surface area contributed by atoms with E-state index in [2.05, 4.69) is 57.2 Å². The zero-order chi connectivity index (χ0) is 20.1. The number of rotatable bonds is 4. The van der Waals surface area contributed by atoms with Crippen LogP contribution in [-0.2, 0) is 6.42 Å². The lowest BCUT2D eigenvalue weighted by atomic mass is 9.99. The van der Waals surface area contributed by atoms with Gasteiger partial charge in [-0.2, -0.15) is 0 Å². The Kier molecular flexibility index (Phi) is 4.31. The van der Waals surface area contributed by atoms with Gasteiger partial charge in [-0.25, -0.2) is 0 Å². The molecule has 150 valence electrons. The van der Waals surface area contributed by atoms with Crippen LogP contribution in [0.3, 0.4) is 0 Å². The summed E-state index contributed by atoms with van der Waals surface area (Å²) < 4.78 is 2.26. The van der Waals surface area contributed by atoms with Crippen LogP contribution in [0.1, 0.15) is 37.8 Å². The largest absolute Gasteiger partial charge is 0.297 e. The number of halogens is 1. The van der Waals surface area contributed by atoms with E-state index in [4.69, 9.17) is 11.6 Å². The van der Waals surface area contributed by atoms with Crippen molar-refractivity contribution in [2.24, 2.45) is 5.92 Å². The van der Waals surface area contributed by atoms with Crippen LogP contribution in [0.4, 0.5) is 0 Å². The predicted octanol–water partition coefficient (Wildman–Crippen LogP) is 7.39. The zero-order valence-corrected chi connectivity index (χ0v) is 17.6. The van der Waals surface area contributed by atoms with Crippen LogP contribution in [0, 0.1) is 5.92 Å². The van der Waals surface area contributed by atoms with Gasteiger partial charge in [-0.05, 0) is 54.5 Å². The van der Waals surface area contributed by atoms with Crippen LogP contribution in [0.5, 0.6) is 0 Å². The summed E-state index contributed by atoms with van der Waals surface area (Å²) in [6.45, 7) is 0. The molecule has 2 aromatic carbocycles. The number of aryl methyl sites for hydroxylation is 1. The second-order valence-corrected chi connectivity index (χ2v) is 9.04. The van der Waals surface area contributed by atoms with Crippen LogP contribution < -0.4 is 0 Å². The number of aromatic nitrogens is 3. The Morgan fingerprint density at radius 1 is 1.00 bits per heavy atom. The summed E-state index contributed by atoms with van der Waals surface area (Å²) in [6, 6.07) is 19.1. The normalized spacial score (nSPS) is 15.1. The van der Waals surface area contributed by atoms with Crippen molar-refractivity contribution in [3.8, 4) is 16.9 Å². The molecule has 0 atom stereocenters. The highest BCUT2D eigenvalue weighted by Crippen LogP contribution is 2.40. The Bertz CT molecular complexity index is 1320. The second kappa shape index (κ2) is 7.17. The van der Waals surface area contributed by atoms with Crippen molar-refractivity contribution in [1.82, 2.24) is 14.8 Å². The minimum atomic E-state index is 0.713. The van der Waals surface area contributed by atoms with E-state index in [-0.39, 0.29) is 0 Å². The molecule has 1 aromatic heterocycles. The van der Waals surface area contributed by atoms with Crippen molar-refractivity contribution in [2.45, 2.75) is 38.5 Å². The maximum atomic E-state index is 6.23. The van der Waals surface area contributed by atoms with E-state index in [9.17, 15) is 0 Å². The molecule has 2 aliphatic carbocycles.